The molecule has 0 fully saturated rings. The summed E-state index contributed by atoms with van der Waals surface area (Å²) in [5, 5.41) is 0. The van der Waals surface area contributed by atoms with Crippen LogP contribution in [0.15, 0.2) is 27.8 Å². The number of ether oxygens (including phenoxy) is 1. The van der Waals surface area contributed by atoms with Crippen molar-refractivity contribution in [2.75, 3.05) is 7.11 Å². The van der Waals surface area contributed by atoms with Crippen LogP contribution in [0.25, 0.3) is 0 Å². The maximum Gasteiger partial charge on any atom is 0.241 e. The number of aryl methyl sites for hydroxylation is 1. The van der Waals surface area contributed by atoms with Crippen LogP contribution in [0.4, 0.5) is 4.39 Å². The van der Waals surface area contributed by atoms with Gasteiger partial charge in [0.15, 0.2) is 18.0 Å². The number of methoxy groups -OCH3 is 1. The van der Waals surface area contributed by atoms with Gasteiger partial charge in [0.1, 0.15) is 5.76 Å². The molecule has 1 heterocycles. The van der Waals surface area contributed by atoms with Crippen molar-refractivity contribution >= 4 is 10.0 Å². The summed E-state index contributed by atoms with van der Waals surface area (Å²) in [6.07, 6.45) is 1.23. The fourth-order valence-corrected chi connectivity index (χ4v) is 3.05. The average Bonchev–Trinajstić information content (AvgIpc) is 2.85. The fourth-order valence-electron chi connectivity index (χ4n) is 1.83. The Labute approximate surface area is 122 Å². The molecule has 0 spiro atoms. The summed E-state index contributed by atoms with van der Waals surface area (Å²) in [6.45, 7) is 3.03. The van der Waals surface area contributed by atoms with Gasteiger partial charge in [-0.15, -0.1) is 0 Å². The molecule has 0 amide bonds. The highest BCUT2D eigenvalue weighted by atomic mass is 32.2. The molecule has 2 rings (SSSR count). The SMILES string of the molecule is COc1ccc(S(=O)(=O)NCc2ncoc2C)c(C)c1F. The highest BCUT2D eigenvalue weighted by molar-refractivity contribution is 7.89. The molecule has 0 aliphatic carbocycles. The van der Waals surface area contributed by atoms with Gasteiger partial charge in [-0.05, 0) is 26.0 Å². The Morgan fingerprint density at radius 3 is 2.67 bits per heavy atom. The number of hydrogen-bond donors (Lipinski definition) is 1. The van der Waals surface area contributed by atoms with Gasteiger partial charge in [0.25, 0.3) is 0 Å². The van der Waals surface area contributed by atoms with E-state index in [4.69, 9.17) is 9.15 Å². The number of oxazole rings is 1. The summed E-state index contributed by atoms with van der Waals surface area (Å²) in [5.41, 5.74) is 0.476. The van der Waals surface area contributed by atoms with Crippen LogP contribution in [0.1, 0.15) is 17.0 Å². The normalized spacial score (nSPS) is 11.6. The predicted molar refractivity (Wildman–Crippen MR) is 73.0 cm³/mol. The Bertz CT molecular complexity index is 756. The molecule has 1 aromatic carbocycles. The van der Waals surface area contributed by atoms with Crippen LogP contribution in [0, 0.1) is 19.7 Å². The van der Waals surface area contributed by atoms with Gasteiger partial charge in [0, 0.05) is 5.56 Å². The first-order valence-electron chi connectivity index (χ1n) is 6.08. The summed E-state index contributed by atoms with van der Waals surface area (Å²) < 4.78 is 50.6. The number of benzene rings is 1. The topological polar surface area (TPSA) is 81.4 Å². The maximum absolute atomic E-state index is 13.9. The molecule has 114 valence electrons. The Kier molecular flexibility index (Phi) is 4.29. The lowest BCUT2D eigenvalue weighted by atomic mass is 10.2. The van der Waals surface area contributed by atoms with E-state index < -0.39 is 15.8 Å². The zero-order valence-corrected chi connectivity index (χ0v) is 12.6. The van der Waals surface area contributed by atoms with E-state index >= 15 is 0 Å². The molecule has 0 saturated carbocycles. The molecule has 6 nitrogen and oxygen atoms in total. The van der Waals surface area contributed by atoms with Gasteiger partial charge in [0.05, 0.1) is 24.2 Å². The molecule has 8 heteroatoms. The van der Waals surface area contributed by atoms with E-state index in [0.717, 1.165) is 0 Å². The van der Waals surface area contributed by atoms with Crippen molar-refractivity contribution in [3.05, 3.63) is 41.4 Å². The van der Waals surface area contributed by atoms with Gasteiger partial charge < -0.3 is 9.15 Å². The second-order valence-corrected chi connectivity index (χ2v) is 6.12. The van der Waals surface area contributed by atoms with Gasteiger partial charge in [-0.1, -0.05) is 0 Å². The van der Waals surface area contributed by atoms with Crippen LogP contribution < -0.4 is 9.46 Å². The van der Waals surface area contributed by atoms with Crippen molar-refractivity contribution in [2.24, 2.45) is 0 Å². The lowest BCUT2D eigenvalue weighted by Gasteiger charge is -2.11. The van der Waals surface area contributed by atoms with Crippen molar-refractivity contribution in [1.29, 1.82) is 0 Å². The van der Waals surface area contributed by atoms with E-state index in [-0.39, 0.29) is 22.8 Å². The molecule has 0 aliphatic rings. The average molecular weight is 314 g/mol. The quantitative estimate of drug-likeness (QED) is 0.912. The van der Waals surface area contributed by atoms with Crippen LogP contribution in [-0.2, 0) is 16.6 Å². The molecule has 0 atom stereocenters. The van der Waals surface area contributed by atoms with Crippen LogP contribution in [0.3, 0.4) is 0 Å². The Balaban J connectivity index is 2.28. The zero-order valence-electron chi connectivity index (χ0n) is 11.8. The molecule has 0 bridgehead atoms. The van der Waals surface area contributed by atoms with Gasteiger partial charge >= 0.3 is 0 Å². The standard InChI is InChI=1S/C13H15FN2O4S/c1-8-12(5-4-11(19-3)13(8)14)21(17,18)16-6-10-9(2)20-7-15-10/h4-5,7,16H,6H2,1-3H3. The third-order valence-electron chi connectivity index (χ3n) is 3.08. The summed E-state index contributed by atoms with van der Waals surface area (Å²) in [4.78, 5) is 3.76. The highest BCUT2D eigenvalue weighted by Crippen LogP contribution is 2.26. The third-order valence-corrected chi connectivity index (χ3v) is 4.63. The van der Waals surface area contributed by atoms with Gasteiger partial charge in [-0.2, -0.15) is 0 Å². The van der Waals surface area contributed by atoms with Crippen LogP contribution in [0.2, 0.25) is 0 Å². The van der Waals surface area contributed by atoms with Gasteiger partial charge in [-0.25, -0.2) is 22.5 Å². The number of halogens is 1. The minimum Gasteiger partial charge on any atom is -0.494 e. The van der Waals surface area contributed by atoms with Crippen molar-refractivity contribution < 1.29 is 22.0 Å². The highest BCUT2D eigenvalue weighted by Gasteiger charge is 2.21. The van der Waals surface area contributed by atoms with Crippen molar-refractivity contribution in [3.63, 3.8) is 0 Å². The minimum atomic E-state index is -3.86. The Hall–Kier alpha value is -1.93. The number of aromatic nitrogens is 1. The van der Waals surface area contributed by atoms with Crippen LogP contribution in [-0.4, -0.2) is 20.5 Å². The molecular weight excluding hydrogens is 299 g/mol. The summed E-state index contributed by atoms with van der Waals surface area (Å²) in [6, 6.07) is 2.58. The van der Waals surface area contributed by atoms with Gasteiger partial charge in [-0.3, -0.25) is 0 Å². The molecule has 1 aromatic heterocycles. The summed E-state index contributed by atoms with van der Waals surface area (Å²) >= 11 is 0. The number of sulfonamides is 1. The number of nitrogens with zero attached hydrogens (tertiary/aromatic N) is 1. The van der Waals surface area contributed by atoms with Crippen LogP contribution >= 0.6 is 0 Å². The molecule has 0 unspecified atom stereocenters. The second kappa shape index (κ2) is 5.82. The lowest BCUT2D eigenvalue weighted by molar-refractivity contribution is 0.384. The van der Waals surface area contributed by atoms with Crippen molar-refractivity contribution in [2.45, 2.75) is 25.3 Å². The Morgan fingerprint density at radius 2 is 2.10 bits per heavy atom. The van der Waals surface area contributed by atoms with Crippen molar-refractivity contribution in [1.82, 2.24) is 9.71 Å². The third kappa shape index (κ3) is 3.06. The molecule has 21 heavy (non-hydrogen) atoms. The first kappa shape index (κ1) is 15.5. The summed E-state index contributed by atoms with van der Waals surface area (Å²) in [5.74, 6) is -0.174. The minimum absolute atomic E-state index is 0.00112. The first-order chi connectivity index (χ1) is 9.86. The molecule has 2 aromatic rings. The van der Waals surface area contributed by atoms with E-state index in [0.29, 0.717) is 11.5 Å². The van der Waals surface area contributed by atoms with E-state index in [2.05, 4.69) is 9.71 Å². The largest absolute Gasteiger partial charge is 0.494 e. The van der Waals surface area contributed by atoms with E-state index in [1.807, 2.05) is 0 Å². The predicted octanol–water partition coefficient (Wildman–Crippen LogP) is 1.92. The van der Waals surface area contributed by atoms with E-state index in [9.17, 15) is 12.8 Å². The monoisotopic (exact) mass is 314 g/mol. The van der Waals surface area contributed by atoms with Gasteiger partial charge in [0.2, 0.25) is 10.0 Å². The van der Waals surface area contributed by atoms with Crippen molar-refractivity contribution in [3.8, 4) is 5.75 Å². The smallest absolute Gasteiger partial charge is 0.241 e. The molecular formula is C13H15FN2O4S. The van der Waals surface area contributed by atoms with E-state index in [1.54, 1.807) is 6.92 Å². The molecule has 0 saturated heterocycles. The van der Waals surface area contributed by atoms with Crippen LogP contribution in [0.5, 0.6) is 5.75 Å². The van der Waals surface area contributed by atoms with E-state index in [1.165, 1.54) is 32.6 Å². The lowest BCUT2D eigenvalue weighted by Crippen LogP contribution is -2.24. The number of nitrogens with one attached hydrogen (secondary N) is 1. The zero-order chi connectivity index (χ0) is 15.6. The fraction of sp³-hybridized carbons (Fsp3) is 0.308. The molecule has 0 radical (unpaired) electrons. The maximum atomic E-state index is 13.9. The summed E-state index contributed by atoms with van der Waals surface area (Å²) in [7, 11) is -2.54. The molecule has 1 N–H and O–H groups in total. The number of hydrogen-bond acceptors (Lipinski definition) is 5. The molecule has 0 aliphatic heterocycles. The second-order valence-electron chi connectivity index (χ2n) is 4.38. The first-order valence-corrected chi connectivity index (χ1v) is 7.57. The Morgan fingerprint density at radius 1 is 1.38 bits per heavy atom. The number of rotatable bonds is 5.